The van der Waals surface area contributed by atoms with Gasteiger partial charge in [0.15, 0.2) is 0 Å². The lowest BCUT2D eigenvalue weighted by molar-refractivity contribution is -0.115. The maximum atomic E-state index is 12.5. The van der Waals surface area contributed by atoms with Crippen molar-refractivity contribution in [2.75, 3.05) is 5.32 Å². The predicted molar refractivity (Wildman–Crippen MR) is 107 cm³/mol. The van der Waals surface area contributed by atoms with E-state index in [9.17, 15) is 9.59 Å². The summed E-state index contributed by atoms with van der Waals surface area (Å²) in [7, 11) is 0. The molecule has 0 radical (unpaired) electrons. The second kappa shape index (κ2) is 7.74. The normalized spacial score (nSPS) is 12.0. The molecule has 3 N–H and O–H groups in total. The Balaban J connectivity index is 1.68. The van der Waals surface area contributed by atoms with E-state index in [-0.39, 0.29) is 17.9 Å². The van der Waals surface area contributed by atoms with Crippen molar-refractivity contribution in [2.24, 2.45) is 0 Å². The van der Waals surface area contributed by atoms with Crippen LogP contribution in [0.2, 0.25) is 0 Å². The van der Waals surface area contributed by atoms with Gasteiger partial charge < -0.3 is 15.6 Å². The number of hydrogen-bond donors (Lipinski definition) is 3. The lowest BCUT2D eigenvalue weighted by Crippen LogP contribution is -2.26. The number of carbonyl (C=O) groups excluding carboxylic acids is 2. The molecule has 5 nitrogen and oxygen atoms in total. The van der Waals surface area contributed by atoms with Crippen LogP contribution < -0.4 is 10.6 Å². The van der Waals surface area contributed by atoms with E-state index in [0.717, 1.165) is 26.6 Å². The summed E-state index contributed by atoms with van der Waals surface area (Å²) in [5.74, 6) is -0.183. The number of anilines is 1. The van der Waals surface area contributed by atoms with E-state index in [4.69, 9.17) is 0 Å². The summed E-state index contributed by atoms with van der Waals surface area (Å²) < 4.78 is 0.961. The van der Waals surface area contributed by atoms with Crippen molar-refractivity contribution < 1.29 is 9.59 Å². The first kappa shape index (κ1) is 18.2. The molecular formula is C20H20BrN3O2. The third-order valence-electron chi connectivity index (χ3n) is 4.19. The number of halogens is 1. The van der Waals surface area contributed by atoms with Crippen molar-refractivity contribution in [1.29, 1.82) is 0 Å². The molecule has 6 heteroatoms. The van der Waals surface area contributed by atoms with Crippen molar-refractivity contribution in [1.82, 2.24) is 10.3 Å². The van der Waals surface area contributed by atoms with Gasteiger partial charge in [-0.2, -0.15) is 0 Å². The Kier molecular flexibility index (Phi) is 5.42. The molecule has 0 aliphatic carbocycles. The lowest BCUT2D eigenvalue weighted by Gasteiger charge is -2.14. The van der Waals surface area contributed by atoms with Crippen LogP contribution in [0.1, 0.15) is 42.4 Å². The summed E-state index contributed by atoms with van der Waals surface area (Å²) in [6.07, 6.45) is 0.440. The van der Waals surface area contributed by atoms with Crippen LogP contribution in [0.15, 0.2) is 53.0 Å². The van der Waals surface area contributed by atoms with Crippen LogP contribution in [-0.4, -0.2) is 16.8 Å². The van der Waals surface area contributed by atoms with E-state index in [1.807, 2.05) is 62.4 Å². The first-order chi connectivity index (χ1) is 12.5. The van der Waals surface area contributed by atoms with Gasteiger partial charge in [0.2, 0.25) is 5.91 Å². The molecule has 0 aliphatic heterocycles. The van der Waals surface area contributed by atoms with Crippen molar-refractivity contribution in [2.45, 2.75) is 26.3 Å². The number of nitrogens with one attached hydrogen (secondary N) is 3. The van der Waals surface area contributed by atoms with Crippen molar-refractivity contribution >= 4 is 44.3 Å². The average Bonchev–Trinajstić information content (AvgIpc) is 3.05. The van der Waals surface area contributed by atoms with Crippen LogP contribution in [0.5, 0.6) is 0 Å². The zero-order valence-electron chi connectivity index (χ0n) is 14.6. The van der Waals surface area contributed by atoms with E-state index in [0.29, 0.717) is 12.1 Å². The number of H-pyrrole nitrogens is 1. The molecule has 3 rings (SSSR count). The van der Waals surface area contributed by atoms with Crippen LogP contribution in [0.25, 0.3) is 10.9 Å². The zero-order valence-corrected chi connectivity index (χ0v) is 16.2. The minimum Gasteiger partial charge on any atom is -0.350 e. The molecule has 0 fully saturated rings. The van der Waals surface area contributed by atoms with E-state index >= 15 is 0 Å². The number of aromatic amines is 1. The van der Waals surface area contributed by atoms with Crippen LogP contribution in [-0.2, 0) is 4.79 Å². The third-order valence-corrected chi connectivity index (χ3v) is 4.69. The molecular weight excluding hydrogens is 394 g/mol. The molecule has 26 heavy (non-hydrogen) atoms. The lowest BCUT2D eigenvalue weighted by atomic mass is 10.1. The van der Waals surface area contributed by atoms with Gasteiger partial charge in [-0.05, 0) is 42.8 Å². The largest absolute Gasteiger partial charge is 0.350 e. The number of rotatable bonds is 5. The van der Waals surface area contributed by atoms with Crippen molar-refractivity contribution in [3.8, 4) is 0 Å². The SMILES string of the molecule is CCC(=O)Nc1ccc(C(C)NC(=O)c2cc3ccc(Br)cc3[nH]2)cc1. The molecule has 1 aromatic heterocycles. The molecule has 2 amide bonds. The van der Waals surface area contributed by atoms with Gasteiger partial charge in [-0.15, -0.1) is 0 Å². The molecule has 3 aromatic rings. The van der Waals surface area contributed by atoms with Gasteiger partial charge in [-0.25, -0.2) is 0 Å². The van der Waals surface area contributed by atoms with Crippen molar-refractivity contribution in [3.63, 3.8) is 0 Å². The molecule has 1 atom stereocenters. The standard InChI is InChI=1S/C20H20BrN3O2/c1-3-19(25)23-16-8-5-13(6-9-16)12(2)22-20(26)18-10-14-4-7-15(21)11-17(14)24-18/h4-12,24H,3H2,1-2H3,(H,22,26)(H,23,25). The maximum Gasteiger partial charge on any atom is 0.268 e. The van der Waals surface area contributed by atoms with Gasteiger partial charge >= 0.3 is 0 Å². The first-order valence-electron chi connectivity index (χ1n) is 8.45. The fourth-order valence-electron chi connectivity index (χ4n) is 2.68. The minimum absolute atomic E-state index is 0.0236. The monoisotopic (exact) mass is 413 g/mol. The van der Waals surface area contributed by atoms with Crippen LogP contribution in [0.4, 0.5) is 5.69 Å². The minimum atomic E-state index is -0.159. The van der Waals surface area contributed by atoms with Gasteiger partial charge in [-0.3, -0.25) is 9.59 Å². The number of fused-ring (bicyclic) bond motifs is 1. The topological polar surface area (TPSA) is 74.0 Å². The number of benzene rings is 2. The van der Waals surface area contributed by atoms with E-state index in [1.165, 1.54) is 0 Å². The molecule has 0 saturated heterocycles. The second-order valence-corrected chi connectivity index (χ2v) is 7.05. The number of hydrogen-bond acceptors (Lipinski definition) is 2. The Morgan fingerprint density at radius 2 is 1.85 bits per heavy atom. The Morgan fingerprint density at radius 1 is 1.12 bits per heavy atom. The van der Waals surface area contributed by atoms with Crippen molar-refractivity contribution in [3.05, 3.63) is 64.3 Å². The number of aromatic nitrogens is 1. The highest BCUT2D eigenvalue weighted by Gasteiger charge is 2.14. The van der Waals surface area contributed by atoms with Crippen LogP contribution in [0, 0.1) is 0 Å². The Morgan fingerprint density at radius 3 is 2.54 bits per heavy atom. The van der Waals surface area contributed by atoms with Gasteiger partial charge in [0.05, 0.1) is 6.04 Å². The van der Waals surface area contributed by atoms with Gasteiger partial charge in [0.25, 0.3) is 5.91 Å². The summed E-state index contributed by atoms with van der Waals surface area (Å²) in [6, 6.07) is 15.0. The van der Waals surface area contributed by atoms with Crippen LogP contribution >= 0.6 is 15.9 Å². The van der Waals surface area contributed by atoms with Gasteiger partial charge in [0, 0.05) is 27.5 Å². The maximum absolute atomic E-state index is 12.5. The third kappa shape index (κ3) is 4.14. The summed E-state index contributed by atoms with van der Waals surface area (Å²) in [6.45, 7) is 3.74. The quantitative estimate of drug-likeness (QED) is 0.563. The predicted octanol–water partition coefficient (Wildman–Crippen LogP) is 4.77. The number of amides is 2. The molecule has 0 bridgehead atoms. The summed E-state index contributed by atoms with van der Waals surface area (Å²) in [5.41, 5.74) is 3.15. The molecule has 1 heterocycles. The number of carbonyl (C=O) groups is 2. The molecule has 1 unspecified atom stereocenters. The fourth-order valence-corrected chi connectivity index (χ4v) is 3.04. The molecule has 134 valence electrons. The van der Waals surface area contributed by atoms with E-state index in [2.05, 4.69) is 31.5 Å². The van der Waals surface area contributed by atoms with E-state index < -0.39 is 0 Å². The zero-order chi connectivity index (χ0) is 18.7. The summed E-state index contributed by atoms with van der Waals surface area (Å²) >= 11 is 3.43. The van der Waals surface area contributed by atoms with E-state index in [1.54, 1.807) is 0 Å². The average molecular weight is 414 g/mol. The summed E-state index contributed by atoms with van der Waals surface area (Å²) in [5, 5.41) is 6.79. The van der Waals surface area contributed by atoms with Gasteiger partial charge in [-0.1, -0.05) is 41.1 Å². The highest BCUT2D eigenvalue weighted by atomic mass is 79.9. The Hall–Kier alpha value is -2.60. The molecule has 0 saturated carbocycles. The van der Waals surface area contributed by atoms with Crippen LogP contribution in [0.3, 0.4) is 0 Å². The highest BCUT2D eigenvalue weighted by molar-refractivity contribution is 9.10. The second-order valence-electron chi connectivity index (χ2n) is 6.13. The molecule has 0 aliphatic rings. The molecule has 0 spiro atoms. The van der Waals surface area contributed by atoms with Gasteiger partial charge in [0.1, 0.15) is 5.69 Å². The summed E-state index contributed by atoms with van der Waals surface area (Å²) in [4.78, 5) is 27.1. The molecule has 2 aromatic carbocycles. The highest BCUT2D eigenvalue weighted by Crippen LogP contribution is 2.21. The fraction of sp³-hybridized carbons (Fsp3) is 0.200. The Labute approximate surface area is 160 Å². The first-order valence-corrected chi connectivity index (χ1v) is 9.24. The Bertz CT molecular complexity index is 947. The smallest absolute Gasteiger partial charge is 0.268 e.